The molecular formula is C59H62P8. The minimum Gasteiger partial charge on any atom is -0.0862 e. The van der Waals surface area contributed by atoms with Crippen molar-refractivity contribution >= 4 is 96.8 Å². The Hall–Kier alpha value is -2.80. The Bertz CT molecular complexity index is 2610. The van der Waals surface area contributed by atoms with Crippen molar-refractivity contribution in [2.24, 2.45) is 0 Å². The Morgan fingerprint density at radius 3 is 1.00 bits per heavy atom. The first-order chi connectivity index (χ1) is 33.3. The van der Waals surface area contributed by atoms with E-state index in [4.69, 9.17) is 0 Å². The van der Waals surface area contributed by atoms with Gasteiger partial charge in [0.1, 0.15) is 0 Å². The number of benzene rings is 8. The molecule has 8 heteroatoms. The van der Waals surface area contributed by atoms with Gasteiger partial charge in [-0.05, 0) is 125 Å². The summed E-state index contributed by atoms with van der Waals surface area (Å²) in [5.74, 6) is 0. The molecule has 338 valence electrons. The van der Waals surface area contributed by atoms with Crippen LogP contribution in [-0.4, -0.2) is 12.3 Å². The Kier molecular flexibility index (Phi) is 19.4. The van der Waals surface area contributed by atoms with E-state index >= 15 is 0 Å². The first-order valence-electron chi connectivity index (χ1n) is 24.1. The van der Waals surface area contributed by atoms with Crippen LogP contribution >= 0.6 is 59.7 Å². The van der Waals surface area contributed by atoms with Crippen molar-refractivity contribution < 1.29 is 0 Å². The van der Waals surface area contributed by atoms with Crippen LogP contribution in [0, 0.1) is 0 Å². The van der Waals surface area contributed by atoms with Gasteiger partial charge in [-0.25, -0.2) is 0 Å². The van der Waals surface area contributed by atoms with Gasteiger partial charge in [-0.15, -0.1) is 0 Å². The summed E-state index contributed by atoms with van der Waals surface area (Å²) in [6.07, 6.45) is 14.8. The third kappa shape index (κ3) is 13.1. The molecule has 1 aliphatic rings. The summed E-state index contributed by atoms with van der Waals surface area (Å²) in [4.78, 5) is 0. The molecule has 9 rings (SSSR count). The van der Waals surface area contributed by atoms with Gasteiger partial charge in [-0.1, -0.05) is 290 Å². The average molecular weight is 1020 g/mol. The van der Waals surface area contributed by atoms with Crippen molar-refractivity contribution in [2.75, 3.05) is 12.3 Å². The monoisotopic (exact) mass is 1020 g/mol. The van der Waals surface area contributed by atoms with Crippen molar-refractivity contribution in [1.82, 2.24) is 0 Å². The summed E-state index contributed by atoms with van der Waals surface area (Å²) in [6.45, 7) is 0. The van der Waals surface area contributed by atoms with E-state index in [2.05, 4.69) is 237 Å². The lowest BCUT2D eigenvalue weighted by Crippen LogP contribution is -2.15. The van der Waals surface area contributed by atoms with Crippen molar-refractivity contribution in [2.45, 2.75) is 57.8 Å². The SMILES string of the molecule is c1ccc(-c2ccc(P3CCCCCCCCCCCPP(c4ccccc4)P(c4ccccc4)P(c4ccccc4)P(c4ccccc4)P(c4ccccc4)P3c3ccccc3)cc2)cc1. The minimum absolute atomic E-state index is 0.497. The van der Waals surface area contributed by atoms with E-state index in [9.17, 15) is 0 Å². The molecule has 0 spiro atoms. The van der Waals surface area contributed by atoms with Crippen LogP contribution in [-0.2, 0) is 0 Å². The maximum absolute atomic E-state index is 2.57. The zero-order valence-electron chi connectivity index (χ0n) is 38.4. The van der Waals surface area contributed by atoms with Crippen molar-refractivity contribution in [3.63, 3.8) is 0 Å². The lowest BCUT2D eigenvalue weighted by molar-refractivity contribution is 0.574. The van der Waals surface area contributed by atoms with Crippen molar-refractivity contribution in [3.05, 3.63) is 237 Å². The molecule has 67 heavy (non-hydrogen) atoms. The highest BCUT2D eigenvalue weighted by molar-refractivity contribution is 9.02. The van der Waals surface area contributed by atoms with Crippen LogP contribution in [0.3, 0.4) is 0 Å². The molecule has 0 nitrogen and oxygen atoms in total. The molecule has 1 heterocycles. The van der Waals surface area contributed by atoms with E-state index in [1.165, 1.54) is 81.2 Å². The number of rotatable bonds is 8. The van der Waals surface area contributed by atoms with Crippen LogP contribution in [0.2, 0.25) is 0 Å². The highest BCUT2D eigenvalue weighted by Gasteiger charge is 2.46. The Morgan fingerprint density at radius 2 is 0.552 bits per heavy atom. The molecule has 0 bridgehead atoms. The highest BCUT2D eigenvalue weighted by atomic mass is 32.9. The molecule has 1 fully saturated rings. The normalized spacial score (nSPS) is 23.0. The molecule has 0 N–H and O–H groups in total. The van der Waals surface area contributed by atoms with E-state index in [-0.39, 0.29) is 0 Å². The fraction of sp³-hybridized carbons (Fsp3) is 0.186. The van der Waals surface area contributed by atoms with Crippen LogP contribution in [0.5, 0.6) is 0 Å². The van der Waals surface area contributed by atoms with Gasteiger partial charge >= 0.3 is 0 Å². The Morgan fingerprint density at radius 1 is 0.239 bits per heavy atom. The Balaban J connectivity index is 1.33. The second-order valence-corrected chi connectivity index (χ2v) is 48.9. The summed E-state index contributed by atoms with van der Waals surface area (Å²) >= 11 is 0. The van der Waals surface area contributed by atoms with Gasteiger partial charge in [0.25, 0.3) is 0 Å². The molecule has 0 radical (unpaired) electrons. The topological polar surface area (TPSA) is 0 Å². The largest absolute Gasteiger partial charge is 0.0862 e. The maximum Gasteiger partial charge on any atom is -0.00564 e. The molecule has 8 aromatic carbocycles. The fourth-order valence-electron chi connectivity index (χ4n) is 8.80. The molecule has 0 aromatic heterocycles. The Labute approximate surface area is 412 Å². The van der Waals surface area contributed by atoms with Crippen LogP contribution in [0.4, 0.5) is 0 Å². The number of hydrogen-bond donors (Lipinski definition) is 0. The summed E-state index contributed by atoms with van der Waals surface area (Å²) in [7, 11) is -3.69. The summed E-state index contributed by atoms with van der Waals surface area (Å²) < 4.78 is 0. The van der Waals surface area contributed by atoms with E-state index in [1.807, 2.05) is 0 Å². The average Bonchev–Trinajstić information content (AvgIpc) is 3.41. The predicted molar refractivity (Wildman–Crippen MR) is 316 cm³/mol. The standard InChI is InChI=1S/C59H62P8/c1-2-4-6-29-49-60-62(54-33-17-9-18-34-54)64(56-37-21-11-22-38-56)66(58-41-25-13-26-42-58)67(59-43-27-14-28-44-59)65(57-39-23-12-24-40-57)63(55-35-19-10-20-36-55)61(50-30-7-5-3-1)53-47-45-52(46-48-53)51-31-15-8-16-32-51/h8-28,31-48,60H,1-7,29-30,49-50H2. The van der Waals surface area contributed by atoms with Gasteiger partial charge in [0.15, 0.2) is 0 Å². The van der Waals surface area contributed by atoms with Gasteiger partial charge in [-0.2, -0.15) is 0 Å². The van der Waals surface area contributed by atoms with Gasteiger partial charge in [0.2, 0.25) is 0 Å². The molecule has 1 aliphatic heterocycles. The molecule has 0 amide bonds. The summed E-state index contributed by atoms with van der Waals surface area (Å²) in [5.41, 5.74) is 2.61. The second-order valence-electron chi connectivity index (χ2n) is 16.9. The predicted octanol–water partition coefficient (Wildman–Crippen LogP) is 17.9. The van der Waals surface area contributed by atoms with Crippen molar-refractivity contribution in [3.8, 4) is 11.1 Å². The number of hydrogen-bond acceptors (Lipinski definition) is 0. The molecule has 8 aromatic rings. The molecular weight excluding hydrogens is 956 g/mol. The van der Waals surface area contributed by atoms with Crippen molar-refractivity contribution in [1.29, 1.82) is 0 Å². The summed E-state index contributed by atoms with van der Waals surface area (Å²) in [6, 6.07) is 93.5. The smallest absolute Gasteiger partial charge is 0.00564 e. The van der Waals surface area contributed by atoms with Gasteiger partial charge < -0.3 is 0 Å². The third-order valence-corrected chi connectivity index (χ3v) is 65.7. The summed E-state index contributed by atoms with van der Waals surface area (Å²) in [5, 5.41) is 11.2. The van der Waals surface area contributed by atoms with Crippen LogP contribution in [0.15, 0.2) is 237 Å². The molecule has 0 saturated carbocycles. The van der Waals surface area contributed by atoms with Crippen LogP contribution in [0.25, 0.3) is 11.1 Å². The second kappa shape index (κ2) is 26.4. The fourth-order valence-corrected chi connectivity index (χ4v) is 86.3. The third-order valence-electron chi connectivity index (χ3n) is 12.2. The first kappa shape index (κ1) is 49.2. The van der Waals surface area contributed by atoms with Crippen LogP contribution in [0.1, 0.15) is 57.8 Å². The van der Waals surface area contributed by atoms with E-state index in [0.717, 1.165) is 8.27 Å². The molecule has 0 aliphatic carbocycles. The van der Waals surface area contributed by atoms with E-state index in [0.29, 0.717) is 0 Å². The lowest BCUT2D eigenvalue weighted by atomic mass is 10.1. The quantitative estimate of drug-likeness (QED) is 0.133. The maximum atomic E-state index is 2.57. The van der Waals surface area contributed by atoms with Gasteiger partial charge in [0.05, 0.1) is 0 Å². The van der Waals surface area contributed by atoms with Crippen LogP contribution < -0.4 is 37.1 Å². The zero-order valence-corrected chi connectivity index (χ0v) is 45.7. The van der Waals surface area contributed by atoms with Gasteiger partial charge in [-0.3, -0.25) is 0 Å². The lowest BCUT2D eigenvalue weighted by Gasteiger charge is -2.47. The molecule has 8 atom stereocenters. The zero-order chi connectivity index (χ0) is 45.3. The highest BCUT2D eigenvalue weighted by Crippen LogP contribution is 3.09. The first-order valence-corrected chi connectivity index (χ1v) is 40.0. The molecule has 8 unspecified atom stereocenters. The van der Waals surface area contributed by atoms with E-state index < -0.39 is 51.4 Å². The van der Waals surface area contributed by atoms with E-state index in [1.54, 1.807) is 37.1 Å². The molecule has 1 saturated heterocycles. The minimum atomic E-state index is -0.758. The van der Waals surface area contributed by atoms with Gasteiger partial charge in [0, 0.05) is 0 Å².